The normalized spacial score (nSPS) is 16.7. The molecule has 6 rings (SSSR count). The summed E-state index contributed by atoms with van der Waals surface area (Å²) < 4.78 is 16.8. The molecule has 1 aliphatic rings. The second-order valence-corrected chi connectivity index (χ2v) is 10.6. The topological polar surface area (TPSA) is 62.2 Å². The van der Waals surface area contributed by atoms with Crippen LogP contribution in [0.2, 0.25) is 0 Å². The van der Waals surface area contributed by atoms with Gasteiger partial charge in [-0.2, -0.15) is 0 Å². The van der Waals surface area contributed by atoms with E-state index in [9.17, 15) is 9.18 Å². The lowest BCUT2D eigenvalue weighted by Gasteiger charge is -2.28. The smallest absolute Gasteiger partial charge is 0.226 e. The average molecular weight is 564 g/mol. The number of carbonyl (C=O) groups is 1. The van der Waals surface area contributed by atoms with E-state index in [-0.39, 0.29) is 30.2 Å². The number of aromatic nitrogens is 2. The summed E-state index contributed by atoms with van der Waals surface area (Å²) in [5.41, 5.74) is 4.95. The summed E-state index contributed by atoms with van der Waals surface area (Å²) in [6.07, 6.45) is 2.00. The minimum absolute atomic E-state index is 0.0963. The number of nitrogens with one attached hydrogen (secondary N) is 2. The molecular weight excluding hydrogens is 533 g/mol. The number of nitrogens with zero attached hydrogens (tertiary/aromatic N) is 3. The molecule has 8 heteroatoms. The molecule has 6 nitrogen and oxygen atoms in total. The third-order valence-corrected chi connectivity index (χ3v) is 8.08. The fourth-order valence-corrected chi connectivity index (χ4v) is 6.18. The molecule has 1 amide bonds. The van der Waals surface area contributed by atoms with Gasteiger partial charge in [-0.25, -0.2) is 4.39 Å². The first-order valence-corrected chi connectivity index (χ1v) is 14.0. The van der Waals surface area contributed by atoms with Crippen LogP contribution in [0.15, 0.2) is 97.2 Å². The van der Waals surface area contributed by atoms with Crippen molar-refractivity contribution in [3.8, 4) is 5.69 Å². The van der Waals surface area contributed by atoms with Gasteiger partial charge in [-0.15, -0.1) is 0 Å². The summed E-state index contributed by atoms with van der Waals surface area (Å²) in [4.78, 5) is 19.9. The van der Waals surface area contributed by atoms with Gasteiger partial charge in [0.2, 0.25) is 5.91 Å². The van der Waals surface area contributed by atoms with Crippen LogP contribution < -0.4 is 10.6 Å². The molecule has 41 heavy (non-hydrogen) atoms. The number of para-hydroxylation sites is 1. The fourth-order valence-electron chi connectivity index (χ4n) is 5.84. The third-order valence-electron chi connectivity index (χ3n) is 7.72. The maximum Gasteiger partial charge on any atom is 0.226 e. The lowest BCUT2D eigenvalue weighted by molar-refractivity contribution is -0.116. The molecule has 2 aromatic heterocycles. The van der Waals surface area contributed by atoms with E-state index in [0.717, 1.165) is 39.1 Å². The minimum Gasteiger partial charge on any atom is -0.352 e. The number of rotatable bonds is 7. The van der Waals surface area contributed by atoms with Gasteiger partial charge in [-0.1, -0.05) is 54.6 Å². The van der Waals surface area contributed by atoms with Crippen molar-refractivity contribution in [3.63, 3.8) is 0 Å². The lowest BCUT2D eigenvalue weighted by Crippen LogP contribution is -2.33. The maximum atomic E-state index is 14.9. The largest absolute Gasteiger partial charge is 0.352 e. The molecule has 1 aliphatic heterocycles. The maximum absolute atomic E-state index is 14.9. The molecule has 5 aromatic rings. The minimum atomic E-state index is -0.288. The highest BCUT2D eigenvalue weighted by molar-refractivity contribution is 7.80. The molecule has 2 atom stereocenters. The van der Waals surface area contributed by atoms with Crippen LogP contribution in [-0.2, 0) is 4.79 Å². The van der Waals surface area contributed by atoms with Crippen molar-refractivity contribution in [1.29, 1.82) is 0 Å². The van der Waals surface area contributed by atoms with Gasteiger partial charge < -0.3 is 20.1 Å². The van der Waals surface area contributed by atoms with Gasteiger partial charge in [-0.05, 0) is 73.4 Å². The van der Waals surface area contributed by atoms with E-state index >= 15 is 0 Å². The zero-order valence-electron chi connectivity index (χ0n) is 22.8. The molecule has 3 heterocycles. The summed E-state index contributed by atoms with van der Waals surface area (Å²) in [6.45, 7) is 4.37. The zero-order chi connectivity index (χ0) is 28.5. The van der Waals surface area contributed by atoms with Crippen LogP contribution >= 0.6 is 12.2 Å². The van der Waals surface area contributed by atoms with Crippen LogP contribution in [0.1, 0.15) is 41.1 Å². The van der Waals surface area contributed by atoms with E-state index < -0.39 is 0 Å². The molecular formula is C33H30FN5OS. The second kappa shape index (κ2) is 11.1. The van der Waals surface area contributed by atoms with Crippen LogP contribution in [0, 0.1) is 19.7 Å². The molecule has 0 aliphatic carbocycles. The molecule has 0 unspecified atom stereocenters. The Labute approximate surface area is 243 Å². The number of halogens is 1. The fraction of sp³-hybridized carbons (Fsp3) is 0.182. The SMILES string of the molecule is Cc1cc([C@H]2[C@H](c3ccccn3)NC(=S)N2CCC(=O)Nc2cccc3ccccc23)c(C)n1-c1ccccc1F. The van der Waals surface area contributed by atoms with Crippen LogP contribution in [0.25, 0.3) is 16.5 Å². The van der Waals surface area contributed by atoms with E-state index in [0.29, 0.717) is 17.3 Å². The summed E-state index contributed by atoms with van der Waals surface area (Å²) in [7, 11) is 0. The Kier molecular flexibility index (Phi) is 7.24. The van der Waals surface area contributed by atoms with Crippen molar-refractivity contribution in [3.05, 3.63) is 126 Å². The van der Waals surface area contributed by atoms with Crippen molar-refractivity contribution >= 4 is 39.7 Å². The zero-order valence-corrected chi connectivity index (χ0v) is 23.7. The Morgan fingerprint density at radius 1 is 1.00 bits per heavy atom. The first-order valence-electron chi connectivity index (χ1n) is 13.6. The molecule has 0 saturated carbocycles. The van der Waals surface area contributed by atoms with Gasteiger partial charge in [0.25, 0.3) is 0 Å². The molecule has 2 N–H and O–H groups in total. The Morgan fingerprint density at radius 2 is 1.76 bits per heavy atom. The molecule has 0 spiro atoms. The van der Waals surface area contributed by atoms with Crippen molar-refractivity contribution in [2.45, 2.75) is 32.4 Å². The number of amides is 1. The number of thiocarbonyl (C=S) groups is 1. The lowest BCUT2D eigenvalue weighted by atomic mass is 9.96. The molecule has 0 radical (unpaired) electrons. The van der Waals surface area contributed by atoms with Gasteiger partial charge in [0.05, 0.1) is 23.5 Å². The van der Waals surface area contributed by atoms with E-state index in [4.69, 9.17) is 12.2 Å². The van der Waals surface area contributed by atoms with Crippen molar-refractivity contribution in [1.82, 2.24) is 19.8 Å². The number of benzene rings is 3. The molecule has 206 valence electrons. The van der Waals surface area contributed by atoms with Crippen LogP contribution in [0.3, 0.4) is 0 Å². The first kappa shape index (κ1) is 26.7. The molecule has 0 bridgehead atoms. The van der Waals surface area contributed by atoms with E-state index in [1.54, 1.807) is 18.3 Å². The van der Waals surface area contributed by atoms with Crippen LogP contribution in [0.5, 0.6) is 0 Å². The third kappa shape index (κ3) is 5.07. The van der Waals surface area contributed by atoms with E-state index in [2.05, 4.69) is 26.6 Å². The summed E-state index contributed by atoms with van der Waals surface area (Å²) in [6, 6.07) is 28.0. The summed E-state index contributed by atoms with van der Waals surface area (Å²) in [5, 5.41) is 9.16. The highest BCUT2D eigenvalue weighted by Gasteiger charge is 2.41. The summed E-state index contributed by atoms with van der Waals surface area (Å²) >= 11 is 5.83. The van der Waals surface area contributed by atoms with Gasteiger partial charge in [0, 0.05) is 41.6 Å². The number of hydrogen-bond donors (Lipinski definition) is 2. The first-order chi connectivity index (χ1) is 19.9. The monoisotopic (exact) mass is 563 g/mol. The number of aryl methyl sites for hydroxylation is 1. The highest BCUT2D eigenvalue weighted by Crippen LogP contribution is 2.41. The molecule has 1 fully saturated rings. The molecule has 3 aromatic carbocycles. The number of carbonyl (C=O) groups excluding carboxylic acids is 1. The standard InChI is InChI=1S/C33H30FN5OS/c1-21-20-25(22(2)39(21)29-16-6-5-13-26(29)34)32-31(28-14-7-8-18-35-28)37-33(41)38(32)19-17-30(40)36-27-15-9-11-23-10-3-4-12-24(23)27/h3-16,18,20,31-32H,17,19H2,1-2H3,(H,36,40)(H,37,41)/t31-,32-/m0/s1. The number of pyridine rings is 1. The Hall–Kier alpha value is -4.56. The Bertz CT molecular complexity index is 1750. The van der Waals surface area contributed by atoms with Gasteiger partial charge in [0.1, 0.15) is 5.82 Å². The van der Waals surface area contributed by atoms with Crippen molar-refractivity contribution in [2.75, 3.05) is 11.9 Å². The molecule has 1 saturated heterocycles. The Balaban J connectivity index is 1.32. The van der Waals surface area contributed by atoms with Gasteiger partial charge in [-0.3, -0.25) is 9.78 Å². The number of fused-ring (bicyclic) bond motifs is 1. The number of hydrogen-bond acceptors (Lipinski definition) is 3. The van der Waals surface area contributed by atoms with E-state index in [1.165, 1.54) is 6.07 Å². The highest BCUT2D eigenvalue weighted by atomic mass is 32.1. The Morgan fingerprint density at radius 3 is 2.56 bits per heavy atom. The number of anilines is 1. The van der Waals surface area contributed by atoms with E-state index in [1.807, 2.05) is 85.1 Å². The van der Waals surface area contributed by atoms with Crippen molar-refractivity contribution < 1.29 is 9.18 Å². The second-order valence-electron chi connectivity index (χ2n) is 10.3. The predicted octanol–water partition coefficient (Wildman–Crippen LogP) is 6.78. The van der Waals surface area contributed by atoms with Crippen LogP contribution in [0.4, 0.5) is 10.1 Å². The van der Waals surface area contributed by atoms with Crippen molar-refractivity contribution in [2.24, 2.45) is 0 Å². The van der Waals surface area contributed by atoms with Gasteiger partial charge in [0.15, 0.2) is 5.11 Å². The average Bonchev–Trinajstić information content (AvgIpc) is 3.47. The quantitative estimate of drug-likeness (QED) is 0.214. The van der Waals surface area contributed by atoms with Crippen LogP contribution in [-0.4, -0.2) is 32.0 Å². The summed E-state index contributed by atoms with van der Waals surface area (Å²) in [5.74, 6) is -0.384. The predicted molar refractivity (Wildman–Crippen MR) is 165 cm³/mol. The van der Waals surface area contributed by atoms with Gasteiger partial charge >= 0.3 is 0 Å².